The molecule has 3 N–H and O–H groups in total. The summed E-state index contributed by atoms with van der Waals surface area (Å²) >= 11 is 6.12. The Labute approximate surface area is 210 Å². The fourth-order valence-electron chi connectivity index (χ4n) is 2.70. The Bertz CT molecular complexity index is 1280. The fourth-order valence-corrected chi connectivity index (χ4v) is 3.71. The second-order valence-electron chi connectivity index (χ2n) is 6.66. The van der Waals surface area contributed by atoms with Crippen LogP contribution in [0, 0.1) is 0 Å². The zero-order chi connectivity index (χ0) is 24.9. The molecule has 1 aromatic heterocycles. The van der Waals surface area contributed by atoms with Crippen LogP contribution in [0.2, 0.25) is 5.02 Å². The van der Waals surface area contributed by atoms with Gasteiger partial charge < -0.3 is 20.1 Å². The molecule has 35 heavy (non-hydrogen) atoms. The summed E-state index contributed by atoms with van der Waals surface area (Å²) in [6.07, 6.45) is -3.38. The SMILES string of the molecule is CNS(=O)(=O)c1ccc(OCC(F)(F)F)c(Nc2cc(Nc3ccc(OC)c(Cl)c3)ncn2)c1.Cl. The fraction of sp³-hybridized carbons (Fsp3) is 0.200. The number of alkyl halides is 3. The normalized spacial score (nSPS) is 11.4. The van der Waals surface area contributed by atoms with Crippen LogP contribution in [0.3, 0.4) is 0 Å². The number of hydrogen-bond acceptors (Lipinski definition) is 8. The molecule has 3 aromatic rings. The molecule has 0 aliphatic rings. The Balaban J connectivity index is 0.00000432. The first-order valence-electron chi connectivity index (χ1n) is 9.47. The van der Waals surface area contributed by atoms with Crippen LogP contribution in [0.4, 0.5) is 36.2 Å². The molecule has 0 amide bonds. The molecule has 9 nitrogen and oxygen atoms in total. The number of anilines is 4. The molecule has 0 aliphatic carbocycles. The summed E-state index contributed by atoms with van der Waals surface area (Å²) in [5.74, 6) is 0.756. The first kappa shape index (κ1) is 28.2. The van der Waals surface area contributed by atoms with Gasteiger partial charge in [0.05, 0.1) is 22.7 Å². The lowest BCUT2D eigenvalue weighted by Gasteiger charge is -2.16. The molecule has 190 valence electrons. The molecule has 0 aliphatic heterocycles. The smallest absolute Gasteiger partial charge is 0.422 e. The monoisotopic (exact) mass is 553 g/mol. The van der Waals surface area contributed by atoms with Gasteiger partial charge in [0.1, 0.15) is 29.5 Å². The zero-order valence-electron chi connectivity index (χ0n) is 18.2. The van der Waals surface area contributed by atoms with Gasteiger partial charge in [0.25, 0.3) is 0 Å². The number of sulfonamides is 1. The largest absolute Gasteiger partial charge is 0.495 e. The topological polar surface area (TPSA) is 114 Å². The van der Waals surface area contributed by atoms with E-state index in [1.54, 1.807) is 18.2 Å². The second-order valence-corrected chi connectivity index (χ2v) is 8.95. The molecule has 0 unspecified atom stereocenters. The maximum atomic E-state index is 12.7. The van der Waals surface area contributed by atoms with Gasteiger partial charge >= 0.3 is 6.18 Å². The molecule has 2 aromatic carbocycles. The summed E-state index contributed by atoms with van der Waals surface area (Å²) < 4.78 is 74.4. The van der Waals surface area contributed by atoms with E-state index in [4.69, 9.17) is 21.1 Å². The van der Waals surface area contributed by atoms with Crippen molar-refractivity contribution in [3.8, 4) is 11.5 Å². The van der Waals surface area contributed by atoms with Gasteiger partial charge in [-0.15, -0.1) is 12.4 Å². The molecule has 0 spiro atoms. The minimum atomic E-state index is -4.58. The minimum Gasteiger partial charge on any atom is -0.495 e. The van der Waals surface area contributed by atoms with E-state index in [2.05, 4.69) is 25.3 Å². The third-order valence-corrected chi connectivity index (χ3v) is 5.98. The molecule has 0 saturated heterocycles. The number of hydrogen-bond donors (Lipinski definition) is 3. The van der Waals surface area contributed by atoms with E-state index in [0.717, 1.165) is 18.2 Å². The van der Waals surface area contributed by atoms with Crippen LogP contribution < -0.4 is 24.8 Å². The predicted molar refractivity (Wildman–Crippen MR) is 128 cm³/mol. The Morgan fingerprint density at radius 3 is 2.26 bits per heavy atom. The van der Waals surface area contributed by atoms with Crippen molar-refractivity contribution in [1.29, 1.82) is 0 Å². The predicted octanol–water partition coefficient (Wildman–Crippen LogP) is 4.90. The number of rotatable bonds is 9. The number of halogens is 5. The minimum absolute atomic E-state index is 0. The third kappa shape index (κ3) is 7.75. The van der Waals surface area contributed by atoms with Gasteiger partial charge in [-0.1, -0.05) is 11.6 Å². The quantitative estimate of drug-likeness (QED) is 0.343. The number of aromatic nitrogens is 2. The molecular weight excluding hydrogens is 534 g/mol. The van der Waals surface area contributed by atoms with Crippen molar-refractivity contribution in [3.05, 3.63) is 53.8 Å². The van der Waals surface area contributed by atoms with E-state index in [1.807, 2.05) is 0 Å². The Hall–Kier alpha value is -3.00. The summed E-state index contributed by atoms with van der Waals surface area (Å²) in [6, 6.07) is 9.82. The average molecular weight is 554 g/mol. The van der Waals surface area contributed by atoms with Crippen molar-refractivity contribution >= 4 is 57.0 Å². The lowest BCUT2D eigenvalue weighted by Crippen LogP contribution is -2.20. The van der Waals surface area contributed by atoms with Gasteiger partial charge in [-0.3, -0.25) is 0 Å². The first-order valence-corrected chi connectivity index (χ1v) is 11.3. The number of methoxy groups -OCH3 is 1. The van der Waals surface area contributed by atoms with Gasteiger partial charge in [-0.05, 0) is 43.4 Å². The number of ether oxygens (including phenoxy) is 2. The van der Waals surface area contributed by atoms with Crippen LogP contribution in [-0.2, 0) is 10.0 Å². The molecule has 3 rings (SSSR count). The van der Waals surface area contributed by atoms with Crippen LogP contribution in [0.1, 0.15) is 0 Å². The number of benzene rings is 2. The Kier molecular flexibility index (Phi) is 9.38. The zero-order valence-corrected chi connectivity index (χ0v) is 20.6. The Morgan fingerprint density at radius 1 is 1.00 bits per heavy atom. The van der Waals surface area contributed by atoms with Crippen LogP contribution in [0.5, 0.6) is 11.5 Å². The van der Waals surface area contributed by atoms with Gasteiger partial charge in [0, 0.05) is 11.8 Å². The van der Waals surface area contributed by atoms with Crippen molar-refractivity contribution in [1.82, 2.24) is 14.7 Å². The first-order chi connectivity index (χ1) is 16.0. The molecule has 0 bridgehead atoms. The standard InChI is InChI=1S/C20H19ClF3N5O4S.ClH/c1-25-34(30,31)13-4-6-17(33-10-20(22,23)24)15(8-13)29-19-9-18(26-11-27-19)28-12-3-5-16(32-2)14(21)7-12;/h3-9,11,25H,10H2,1-2H3,(H2,26,27,28,29);1H. The van der Waals surface area contributed by atoms with Gasteiger partial charge in [-0.2, -0.15) is 13.2 Å². The van der Waals surface area contributed by atoms with E-state index in [0.29, 0.717) is 22.3 Å². The summed E-state index contributed by atoms with van der Waals surface area (Å²) in [4.78, 5) is 7.94. The van der Waals surface area contributed by atoms with Crippen molar-refractivity contribution in [2.24, 2.45) is 0 Å². The summed E-state index contributed by atoms with van der Waals surface area (Å²) in [7, 11) is -1.17. The van der Waals surface area contributed by atoms with Crippen molar-refractivity contribution in [2.45, 2.75) is 11.1 Å². The van der Waals surface area contributed by atoms with Gasteiger partial charge in [0.15, 0.2) is 6.61 Å². The number of nitrogens with zero attached hydrogens (tertiary/aromatic N) is 2. The molecular formula is C20H20Cl2F3N5O4S. The highest BCUT2D eigenvalue weighted by Crippen LogP contribution is 2.32. The summed E-state index contributed by atoms with van der Waals surface area (Å²) in [6.45, 7) is -1.56. The van der Waals surface area contributed by atoms with Crippen LogP contribution in [-0.4, -0.2) is 45.3 Å². The van der Waals surface area contributed by atoms with Gasteiger partial charge in [-0.25, -0.2) is 23.1 Å². The molecule has 1 heterocycles. The maximum Gasteiger partial charge on any atom is 0.422 e. The van der Waals surface area contributed by atoms with Crippen molar-refractivity contribution in [3.63, 3.8) is 0 Å². The third-order valence-electron chi connectivity index (χ3n) is 4.28. The van der Waals surface area contributed by atoms with Crippen LogP contribution >= 0.6 is 24.0 Å². The van der Waals surface area contributed by atoms with Gasteiger partial charge in [0.2, 0.25) is 10.0 Å². The molecule has 0 saturated carbocycles. The van der Waals surface area contributed by atoms with Crippen molar-refractivity contribution in [2.75, 3.05) is 31.4 Å². The molecule has 0 fully saturated rings. The van der Waals surface area contributed by atoms with Crippen LogP contribution in [0.15, 0.2) is 53.7 Å². The lowest BCUT2D eigenvalue weighted by atomic mass is 10.3. The Morgan fingerprint density at radius 2 is 1.66 bits per heavy atom. The average Bonchev–Trinajstić information content (AvgIpc) is 2.78. The van der Waals surface area contributed by atoms with E-state index >= 15 is 0 Å². The van der Waals surface area contributed by atoms with E-state index in [-0.39, 0.29) is 34.6 Å². The van der Waals surface area contributed by atoms with Crippen LogP contribution in [0.25, 0.3) is 0 Å². The number of nitrogens with one attached hydrogen (secondary N) is 3. The summed E-state index contributed by atoms with van der Waals surface area (Å²) in [5.41, 5.74) is 0.546. The molecule has 15 heteroatoms. The lowest BCUT2D eigenvalue weighted by molar-refractivity contribution is -0.153. The highest BCUT2D eigenvalue weighted by atomic mass is 35.5. The maximum absolute atomic E-state index is 12.7. The molecule has 0 radical (unpaired) electrons. The molecule has 0 atom stereocenters. The van der Waals surface area contributed by atoms with E-state index in [1.165, 1.54) is 26.6 Å². The van der Waals surface area contributed by atoms with E-state index in [9.17, 15) is 21.6 Å². The highest BCUT2D eigenvalue weighted by molar-refractivity contribution is 7.89. The second kappa shape index (κ2) is 11.6. The highest BCUT2D eigenvalue weighted by Gasteiger charge is 2.29. The van der Waals surface area contributed by atoms with E-state index < -0.39 is 22.8 Å². The summed E-state index contributed by atoms with van der Waals surface area (Å²) in [5, 5.41) is 6.16. The van der Waals surface area contributed by atoms with Crippen molar-refractivity contribution < 1.29 is 31.1 Å².